The average Bonchev–Trinajstić information content (AvgIpc) is 2.83. The zero-order valence-corrected chi connectivity index (χ0v) is 20.9. The van der Waals surface area contributed by atoms with Gasteiger partial charge in [0, 0.05) is 17.5 Å². The van der Waals surface area contributed by atoms with E-state index in [1.54, 1.807) is 0 Å². The van der Waals surface area contributed by atoms with Crippen molar-refractivity contribution in [1.29, 1.82) is 0 Å². The van der Waals surface area contributed by atoms with Gasteiger partial charge in [0.1, 0.15) is 30.7 Å². The second kappa shape index (κ2) is 15.9. The molecular formula is C24H40N5O8+. The van der Waals surface area contributed by atoms with Gasteiger partial charge in [-0.2, -0.15) is 0 Å². The van der Waals surface area contributed by atoms with Gasteiger partial charge >= 0.3 is 23.9 Å². The number of unbranched alkanes of at least 4 members (excludes halogenated alkanes) is 1. The third-order valence-electron chi connectivity index (χ3n) is 6.26. The van der Waals surface area contributed by atoms with E-state index in [0.29, 0.717) is 51.5 Å². The van der Waals surface area contributed by atoms with Gasteiger partial charge in [-0.15, -0.1) is 0 Å². The number of aromatic nitrogens is 1. The number of aryl methyl sites for hydroxylation is 3. The Morgan fingerprint density at radius 2 is 0.973 bits per heavy atom. The molecule has 1 heterocycles. The number of pyridine rings is 1. The third kappa shape index (κ3) is 11.6. The number of hydrogen-bond donors (Lipinski definition) is 8. The SMILES string of the molecule is N[C@H](CCCC[n+]1cc(CC[C@H](N)C(=O)O)c(CCC[C@@H](N)C(=O)O)c(CC[C@H](N)C(=O)O)c1)C(=O)O. The molecule has 0 fully saturated rings. The summed E-state index contributed by atoms with van der Waals surface area (Å²) in [4.78, 5) is 44.5. The number of carboxylic acid groups (broad SMARTS) is 4. The van der Waals surface area contributed by atoms with E-state index in [1.165, 1.54) is 0 Å². The van der Waals surface area contributed by atoms with Crippen molar-refractivity contribution >= 4 is 23.9 Å². The van der Waals surface area contributed by atoms with Crippen LogP contribution >= 0.6 is 0 Å². The smallest absolute Gasteiger partial charge is 0.320 e. The molecule has 0 saturated heterocycles. The van der Waals surface area contributed by atoms with E-state index in [0.717, 1.165) is 16.7 Å². The Morgan fingerprint density at radius 1 is 0.595 bits per heavy atom. The quantitative estimate of drug-likeness (QED) is 0.0795. The Morgan fingerprint density at radius 3 is 1.38 bits per heavy atom. The normalized spacial score (nSPS) is 14.5. The Labute approximate surface area is 215 Å². The first kappa shape index (κ1) is 31.9. The van der Waals surface area contributed by atoms with Crippen molar-refractivity contribution in [2.75, 3.05) is 0 Å². The highest BCUT2D eigenvalue weighted by atomic mass is 16.4. The van der Waals surface area contributed by atoms with Crippen LogP contribution in [0.5, 0.6) is 0 Å². The van der Waals surface area contributed by atoms with Gasteiger partial charge in [-0.05, 0) is 63.4 Å². The van der Waals surface area contributed by atoms with Gasteiger partial charge in [0.2, 0.25) is 0 Å². The molecule has 4 atom stereocenters. The molecule has 1 aromatic rings. The molecule has 0 aromatic carbocycles. The maximum Gasteiger partial charge on any atom is 0.320 e. The number of hydrogen-bond acceptors (Lipinski definition) is 8. The fourth-order valence-electron chi connectivity index (χ4n) is 3.95. The van der Waals surface area contributed by atoms with E-state index < -0.39 is 48.0 Å². The minimum atomic E-state index is -1.12. The highest BCUT2D eigenvalue weighted by Crippen LogP contribution is 2.21. The monoisotopic (exact) mass is 526 g/mol. The lowest BCUT2D eigenvalue weighted by Gasteiger charge is -2.16. The molecule has 0 bridgehead atoms. The number of nitrogens with two attached hydrogens (primary N) is 4. The Balaban J connectivity index is 3.23. The molecule has 1 rings (SSSR count). The topological polar surface area (TPSA) is 257 Å². The Kier molecular flexibility index (Phi) is 13.7. The van der Waals surface area contributed by atoms with Crippen LogP contribution in [0.3, 0.4) is 0 Å². The fraction of sp³-hybridized carbons (Fsp3) is 0.625. The van der Waals surface area contributed by atoms with E-state index >= 15 is 0 Å². The van der Waals surface area contributed by atoms with E-state index in [2.05, 4.69) is 0 Å². The predicted molar refractivity (Wildman–Crippen MR) is 133 cm³/mol. The van der Waals surface area contributed by atoms with Crippen molar-refractivity contribution in [3.05, 3.63) is 29.1 Å². The van der Waals surface area contributed by atoms with Crippen LogP contribution in [0.1, 0.15) is 61.6 Å². The van der Waals surface area contributed by atoms with Crippen molar-refractivity contribution in [2.24, 2.45) is 22.9 Å². The molecule has 0 saturated carbocycles. The van der Waals surface area contributed by atoms with Crippen LogP contribution in [0.15, 0.2) is 12.4 Å². The molecule has 1 aromatic heterocycles. The average molecular weight is 527 g/mol. The summed E-state index contributed by atoms with van der Waals surface area (Å²) in [7, 11) is 0. The lowest BCUT2D eigenvalue weighted by Crippen LogP contribution is -2.37. The summed E-state index contributed by atoms with van der Waals surface area (Å²) in [5, 5.41) is 36.4. The zero-order chi connectivity index (χ0) is 28.1. The van der Waals surface area contributed by atoms with Crippen molar-refractivity contribution < 1.29 is 44.2 Å². The van der Waals surface area contributed by atoms with Crippen molar-refractivity contribution in [3.8, 4) is 0 Å². The molecule has 37 heavy (non-hydrogen) atoms. The third-order valence-corrected chi connectivity index (χ3v) is 6.26. The Hall–Kier alpha value is -3.13. The summed E-state index contributed by atoms with van der Waals surface area (Å²) < 4.78 is 1.90. The van der Waals surface area contributed by atoms with E-state index in [4.69, 9.17) is 33.1 Å². The zero-order valence-electron chi connectivity index (χ0n) is 20.9. The fourth-order valence-corrected chi connectivity index (χ4v) is 3.95. The van der Waals surface area contributed by atoms with Gasteiger partial charge < -0.3 is 43.4 Å². The van der Waals surface area contributed by atoms with Crippen LogP contribution in [0, 0.1) is 0 Å². The number of nitrogens with zero attached hydrogens (tertiary/aromatic N) is 1. The molecule has 12 N–H and O–H groups in total. The largest absolute Gasteiger partial charge is 0.480 e. The first-order valence-electron chi connectivity index (χ1n) is 12.3. The van der Waals surface area contributed by atoms with Crippen LogP contribution in [-0.2, 0) is 45.0 Å². The van der Waals surface area contributed by atoms with Gasteiger partial charge in [0.15, 0.2) is 12.4 Å². The number of rotatable bonds is 19. The molecule has 0 amide bonds. The van der Waals surface area contributed by atoms with Crippen molar-refractivity contribution in [3.63, 3.8) is 0 Å². The summed E-state index contributed by atoms with van der Waals surface area (Å²) in [5.74, 6) is -4.41. The number of aliphatic carboxylic acids is 4. The maximum atomic E-state index is 11.2. The molecule has 0 aliphatic rings. The van der Waals surface area contributed by atoms with Gasteiger partial charge in [-0.3, -0.25) is 19.2 Å². The highest BCUT2D eigenvalue weighted by Gasteiger charge is 2.22. The Bertz CT molecular complexity index is 897. The maximum absolute atomic E-state index is 11.2. The molecule has 0 radical (unpaired) electrons. The van der Waals surface area contributed by atoms with Crippen molar-refractivity contribution in [2.45, 2.75) is 94.9 Å². The standard InChI is InChI=1S/C24H39N5O8/c25-17(21(30)31)5-1-2-11-29-12-14(7-9-19(27)23(34)35)16(4-3-6-18(26)22(32)33)15(13-29)8-10-20(28)24(36)37/h12-13,17-20H,1-11,25-28H2,(H3-,30,31,32,33,34,35,36,37)/p+1/t17-,18-,19+,20+/m1/s1. The van der Waals surface area contributed by atoms with Crippen LogP contribution in [0.4, 0.5) is 0 Å². The van der Waals surface area contributed by atoms with Crippen LogP contribution in [0.25, 0.3) is 0 Å². The first-order valence-corrected chi connectivity index (χ1v) is 12.3. The molecule has 13 heteroatoms. The summed E-state index contributed by atoms with van der Waals surface area (Å²) in [6.07, 6.45) is 7.46. The van der Waals surface area contributed by atoms with E-state index in [1.807, 2.05) is 17.0 Å². The summed E-state index contributed by atoms with van der Waals surface area (Å²) >= 11 is 0. The molecule has 208 valence electrons. The molecule has 0 aliphatic heterocycles. The first-order chi connectivity index (χ1) is 17.3. The predicted octanol–water partition coefficient (Wildman–Crippen LogP) is -1.02. The second-order valence-corrected chi connectivity index (χ2v) is 9.27. The minimum Gasteiger partial charge on any atom is -0.480 e. The summed E-state index contributed by atoms with van der Waals surface area (Å²) in [6.45, 7) is 0.534. The molecule has 13 nitrogen and oxygen atoms in total. The lowest BCUT2D eigenvalue weighted by molar-refractivity contribution is -0.698. The van der Waals surface area contributed by atoms with Gasteiger partial charge in [-0.25, -0.2) is 4.57 Å². The van der Waals surface area contributed by atoms with E-state index in [9.17, 15) is 29.4 Å². The van der Waals surface area contributed by atoms with Gasteiger partial charge in [-0.1, -0.05) is 0 Å². The molecule has 0 unspecified atom stereocenters. The van der Waals surface area contributed by atoms with Crippen LogP contribution < -0.4 is 27.5 Å². The molecule has 0 spiro atoms. The van der Waals surface area contributed by atoms with Crippen molar-refractivity contribution in [1.82, 2.24) is 0 Å². The van der Waals surface area contributed by atoms with E-state index in [-0.39, 0.29) is 19.3 Å². The summed E-state index contributed by atoms with van der Waals surface area (Å²) in [6, 6.07) is -4.09. The number of carbonyl (C=O) groups is 4. The minimum absolute atomic E-state index is 0.169. The highest BCUT2D eigenvalue weighted by molar-refractivity contribution is 5.74. The van der Waals surface area contributed by atoms with Crippen LogP contribution in [-0.4, -0.2) is 68.5 Å². The lowest BCUT2D eigenvalue weighted by atomic mass is 9.91. The molecule has 0 aliphatic carbocycles. The van der Waals surface area contributed by atoms with Crippen LogP contribution in [0.2, 0.25) is 0 Å². The van der Waals surface area contributed by atoms with Gasteiger partial charge in [0.05, 0.1) is 0 Å². The number of carboxylic acids is 4. The second-order valence-electron chi connectivity index (χ2n) is 9.27. The molecular weight excluding hydrogens is 486 g/mol. The summed E-state index contributed by atoms with van der Waals surface area (Å²) in [5.41, 5.74) is 25.2. The van der Waals surface area contributed by atoms with Gasteiger partial charge in [0.25, 0.3) is 0 Å².